The number of hydrogen-bond donors (Lipinski definition) is 2. The zero-order chi connectivity index (χ0) is 13.8. The van der Waals surface area contributed by atoms with Gasteiger partial charge < -0.3 is 10.6 Å². The molecule has 110 valence electrons. The summed E-state index contributed by atoms with van der Waals surface area (Å²) in [5.74, 6) is 1.90. The Hall–Kier alpha value is -1.62. The molecule has 1 atom stereocenters. The second kappa shape index (κ2) is 4.44. The van der Waals surface area contributed by atoms with Crippen molar-refractivity contribution in [1.82, 2.24) is 19.9 Å². The van der Waals surface area contributed by atoms with Crippen LogP contribution in [0.2, 0.25) is 0 Å². The van der Waals surface area contributed by atoms with Crippen LogP contribution in [0, 0.1) is 0 Å². The molecule has 1 saturated carbocycles. The van der Waals surface area contributed by atoms with Gasteiger partial charge in [-0.1, -0.05) is 0 Å². The normalized spacial score (nSPS) is 24.7. The van der Waals surface area contributed by atoms with E-state index in [1.165, 1.54) is 48.5 Å². The van der Waals surface area contributed by atoms with E-state index in [0.29, 0.717) is 12.0 Å². The molecule has 5 heteroatoms. The van der Waals surface area contributed by atoms with E-state index in [9.17, 15) is 0 Å². The van der Waals surface area contributed by atoms with Gasteiger partial charge in [0, 0.05) is 35.8 Å². The van der Waals surface area contributed by atoms with E-state index in [1.807, 2.05) is 0 Å². The standard InChI is InChI=1S/C16H21N5/c1-2-12-13(3-1)19-15-8-14(10-4-5-10)20-21(15)16(12)18-11-6-7-17-9-11/h8,10-11,17-18H,1-7,9H2. The molecule has 5 rings (SSSR count). The first-order valence-corrected chi connectivity index (χ1v) is 8.27. The second-order valence-corrected chi connectivity index (χ2v) is 6.69. The minimum atomic E-state index is 0.522. The molecule has 1 saturated heterocycles. The maximum Gasteiger partial charge on any atom is 0.157 e. The third-order valence-electron chi connectivity index (χ3n) is 5.04. The Labute approximate surface area is 124 Å². The summed E-state index contributed by atoms with van der Waals surface area (Å²) in [6.07, 6.45) is 7.25. The van der Waals surface area contributed by atoms with Gasteiger partial charge in [-0.2, -0.15) is 9.61 Å². The minimum absolute atomic E-state index is 0.522. The molecule has 2 aromatic rings. The van der Waals surface area contributed by atoms with Crippen LogP contribution in [0.15, 0.2) is 6.07 Å². The fraction of sp³-hybridized carbons (Fsp3) is 0.625. The maximum atomic E-state index is 4.87. The highest BCUT2D eigenvalue weighted by Crippen LogP contribution is 2.40. The molecule has 2 N–H and O–H groups in total. The van der Waals surface area contributed by atoms with Crippen LogP contribution < -0.4 is 10.6 Å². The van der Waals surface area contributed by atoms with E-state index in [1.54, 1.807) is 0 Å². The van der Waals surface area contributed by atoms with Crippen LogP contribution in [0.3, 0.4) is 0 Å². The fourth-order valence-electron chi connectivity index (χ4n) is 3.70. The summed E-state index contributed by atoms with van der Waals surface area (Å²) in [5.41, 5.74) is 4.96. The van der Waals surface area contributed by atoms with Crippen molar-refractivity contribution >= 4 is 11.5 Å². The van der Waals surface area contributed by atoms with Gasteiger partial charge in [-0.25, -0.2) is 4.98 Å². The lowest BCUT2D eigenvalue weighted by molar-refractivity contribution is 0.765. The molecule has 0 amide bonds. The molecule has 1 unspecified atom stereocenters. The van der Waals surface area contributed by atoms with Crippen LogP contribution in [-0.2, 0) is 12.8 Å². The third-order valence-corrected chi connectivity index (χ3v) is 5.04. The highest BCUT2D eigenvalue weighted by Gasteiger charge is 2.29. The summed E-state index contributed by atoms with van der Waals surface area (Å²) in [5, 5.41) is 12.1. The van der Waals surface area contributed by atoms with Crippen molar-refractivity contribution in [2.75, 3.05) is 18.4 Å². The molecule has 1 aliphatic heterocycles. The van der Waals surface area contributed by atoms with Gasteiger partial charge in [-0.3, -0.25) is 0 Å². The molecule has 3 heterocycles. The van der Waals surface area contributed by atoms with Crippen LogP contribution in [0.25, 0.3) is 5.65 Å². The number of rotatable bonds is 3. The van der Waals surface area contributed by atoms with E-state index >= 15 is 0 Å². The van der Waals surface area contributed by atoms with Gasteiger partial charge in [0.25, 0.3) is 0 Å². The summed E-state index contributed by atoms with van der Waals surface area (Å²) in [7, 11) is 0. The van der Waals surface area contributed by atoms with E-state index < -0.39 is 0 Å². The molecule has 2 aromatic heterocycles. The Kier molecular flexibility index (Phi) is 2.53. The highest BCUT2D eigenvalue weighted by atomic mass is 15.3. The largest absolute Gasteiger partial charge is 0.366 e. The van der Waals surface area contributed by atoms with Crippen molar-refractivity contribution in [3.63, 3.8) is 0 Å². The molecule has 5 nitrogen and oxygen atoms in total. The van der Waals surface area contributed by atoms with Gasteiger partial charge in [-0.05, 0) is 45.1 Å². The topological polar surface area (TPSA) is 54.2 Å². The summed E-state index contributed by atoms with van der Waals surface area (Å²) in [6.45, 7) is 2.16. The van der Waals surface area contributed by atoms with Crippen molar-refractivity contribution in [3.8, 4) is 0 Å². The van der Waals surface area contributed by atoms with Gasteiger partial charge in [0.15, 0.2) is 5.65 Å². The van der Waals surface area contributed by atoms with E-state index in [-0.39, 0.29) is 0 Å². The van der Waals surface area contributed by atoms with Gasteiger partial charge in [0.1, 0.15) is 5.82 Å². The Morgan fingerprint density at radius 3 is 3.00 bits per heavy atom. The van der Waals surface area contributed by atoms with E-state index in [2.05, 4.69) is 21.2 Å². The zero-order valence-corrected chi connectivity index (χ0v) is 12.2. The van der Waals surface area contributed by atoms with Crippen LogP contribution in [0.5, 0.6) is 0 Å². The Morgan fingerprint density at radius 2 is 2.19 bits per heavy atom. The van der Waals surface area contributed by atoms with Crippen molar-refractivity contribution < 1.29 is 0 Å². The zero-order valence-electron chi connectivity index (χ0n) is 12.2. The van der Waals surface area contributed by atoms with Gasteiger partial charge in [0.05, 0.1) is 5.69 Å². The smallest absolute Gasteiger partial charge is 0.157 e. The Balaban J connectivity index is 1.64. The van der Waals surface area contributed by atoms with Crippen LogP contribution in [0.1, 0.15) is 48.6 Å². The number of fused-ring (bicyclic) bond motifs is 2. The Morgan fingerprint density at radius 1 is 1.24 bits per heavy atom. The number of aryl methyl sites for hydroxylation is 1. The number of anilines is 1. The Bertz CT molecular complexity index is 694. The SMILES string of the molecule is c1c(C2CC2)nn2c(NC3CCNC3)c3c(nc12)CCC3. The monoisotopic (exact) mass is 283 g/mol. The van der Waals surface area contributed by atoms with Crippen molar-refractivity contribution in [1.29, 1.82) is 0 Å². The van der Waals surface area contributed by atoms with Crippen LogP contribution in [-0.4, -0.2) is 33.7 Å². The van der Waals surface area contributed by atoms with Crippen molar-refractivity contribution in [3.05, 3.63) is 23.0 Å². The molecule has 3 aliphatic rings. The summed E-state index contributed by atoms with van der Waals surface area (Å²) >= 11 is 0. The molecule has 0 bridgehead atoms. The number of hydrogen-bond acceptors (Lipinski definition) is 4. The summed E-state index contributed by atoms with van der Waals surface area (Å²) < 4.78 is 2.08. The average molecular weight is 283 g/mol. The number of nitrogens with zero attached hydrogens (tertiary/aromatic N) is 3. The van der Waals surface area contributed by atoms with Crippen molar-refractivity contribution in [2.24, 2.45) is 0 Å². The molecule has 0 spiro atoms. The van der Waals surface area contributed by atoms with E-state index in [0.717, 1.165) is 31.6 Å². The lowest BCUT2D eigenvalue weighted by atomic mass is 10.2. The molecule has 2 fully saturated rings. The molecule has 21 heavy (non-hydrogen) atoms. The van der Waals surface area contributed by atoms with Gasteiger partial charge >= 0.3 is 0 Å². The van der Waals surface area contributed by atoms with Gasteiger partial charge in [0.2, 0.25) is 0 Å². The van der Waals surface area contributed by atoms with Crippen molar-refractivity contribution in [2.45, 2.75) is 50.5 Å². The summed E-state index contributed by atoms with van der Waals surface area (Å²) in [6, 6.07) is 2.72. The molecular formula is C16H21N5. The second-order valence-electron chi connectivity index (χ2n) is 6.69. The number of aromatic nitrogens is 3. The lowest BCUT2D eigenvalue weighted by Gasteiger charge is -2.17. The quantitative estimate of drug-likeness (QED) is 0.903. The number of nitrogens with one attached hydrogen (secondary N) is 2. The maximum absolute atomic E-state index is 4.87. The minimum Gasteiger partial charge on any atom is -0.366 e. The van der Waals surface area contributed by atoms with E-state index in [4.69, 9.17) is 10.1 Å². The summed E-state index contributed by atoms with van der Waals surface area (Å²) in [4.78, 5) is 4.87. The predicted octanol–water partition coefficient (Wildman–Crippen LogP) is 1.87. The first kappa shape index (κ1) is 12.0. The molecule has 0 radical (unpaired) electrons. The van der Waals surface area contributed by atoms with Gasteiger partial charge in [-0.15, -0.1) is 0 Å². The van der Waals surface area contributed by atoms with Crippen LogP contribution in [0.4, 0.5) is 5.82 Å². The highest BCUT2D eigenvalue weighted by molar-refractivity contribution is 5.58. The fourth-order valence-corrected chi connectivity index (χ4v) is 3.70. The van der Waals surface area contributed by atoms with Crippen LogP contribution >= 0.6 is 0 Å². The first-order valence-electron chi connectivity index (χ1n) is 8.27. The third kappa shape index (κ3) is 1.94. The molecule has 0 aromatic carbocycles. The molecular weight excluding hydrogens is 262 g/mol. The first-order chi connectivity index (χ1) is 10.4. The molecule has 2 aliphatic carbocycles. The average Bonchev–Trinajstić information content (AvgIpc) is 2.93. The predicted molar refractivity (Wildman–Crippen MR) is 81.9 cm³/mol. The lowest BCUT2D eigenvalue weighted by Crippen LogP contribution is -2.24.